The van der Waals surface area contributed by atoms with E-state index in [0.29, 0.717) is 14.3 Å². The molecule has 0 saturated carbocycles. The van der Waals surface area contributed by atoms with Crippen molar-refractivity contribution in [1.82, 2.24) is 0 Å². The Labute approximate surface area is 109 Å². The van der Waals surface area contributed by atoms with E-state index in [2.05, 4.69) is 5.32 Å². The van der Waals surface area contributed by atoms with Crippen LogP contribution in [0, 0.1) is 3.57 Å². The molecule has 1 aromatic carbocycles. The second-order valence-electron chi connectivity index (χ2n) is 3.06. The first-order chi connectivity index (χ1) is 7.30. The van der Waals surface area contributed by atoms with Gasteiger partial charge in [0.2, 0.25) is 0 Å². The van der Waals surface area contributed by atoms with Crippen LogP contribution in [0.3, 0.4) is 0 Å². The summed E-state index contributed by atoms with van der Waals surface area (Å²) in [7, 11) is 0. The lowest BCUT2D eigenvalue weighted by molar-refractivity contribution is -0.198. The molecule has 0 spiro atoms. The second kappa shape index (κ2) is 5.42. The van der Waals surface area contributed by atoms with Crippen molar-refractivity contribution < 1.29 is 18.3 Å². The van der Waals surface area contributed by atoms with Crippen molar-refractivity contribution in [2.75, 3.05) is 11.9 Å². The highest BCUT2D eigenvalue weighted by atomic mass is 127. The van der Waals surface area contributed by atoms with E-state index in [4.69, 9.17) is 16.7 Å². The van der Waals surface area contributed by atoms with E-state index in [0.717, 1.165) is 0 Å². The first-order valence-corrected chi connectivity index (χ1v) is 5.70. The molecule has 7 heteroatoms. The fourth-order valence-corrected chi connectivity index (χ4v) is 2.02. The van der Waals surface area contributed by atoms with Gasteiger partial charge in [-0.3, -0.25) is 0 Å². The third kappa shape index (κ3) is 3.99. The fourth-order valence-electron chi connectivity index (χ4n) is 0.955. The second-order valence-corrected chi connectivity index (χ2v) is 4.66. The van der Waals surface area contributed by atoms with E-state index in [9.17, 15) is 13.2 Å². The number of aliphatic hydroxyl groups is 1. The highest BCUT2D eigenvalue weighted by molar-refractivity contribution is 14.1. The quantitative estimate of drug-likeness (QED) is 0.806. The third-order valence-corrected chi connectivity index (χ3v) is 2.92. The fraction of sp³-hybridized carbons (Fsp3) is 0.333. The molecule has 2 nitrogen and oxygen atoms in total. The minimum atomic E-state index is -4.61. The largest absolute Gasteiger partial charge is 0.416 e. The molecule has 90 valence electrons. The summed E-state index contributed by atoms with van der Waals surface area (Å²) in [5, 5.41) is 11.8. The number of aliphatic hydroxyl groups excluding tert-OH is 1. The molecule has 0 fully saturated rings. The van der Waals surface area contributed by atoms with Gasteiger partial charge in [-0.15, -0.1) is 0 Å². The molecule has 0 bridgehead atoms. The van der Waals surface area contributed by atoms with Gasteiger partial charge in [0, 0.05) is 20.8 Å². The van der Waals surface area contributed by atoms with Gasteiger partial charge in [0.1, 0.15) is 0 Å². The zero-order valence-corrected chi connectivity index (χ0v) is 10.8. The van der Waals surface area contributed by atoms with Crippen LogP contribution in [-0.4, -0.2) is 23.9 Å². The maximum atomic E-state index is 12.0. The summed E-state index contributed by atoms with van der Waals surface area (Å²) in [5.41, 5.74) is 0.508. The first kappa shape index (κ1) is 13.9. The zero-order chi connectivity index (χ0) is 12.3. The molecule has 0 radical (unpaired) electrons. The van der Waals surface area contributed by atoms with Crippen molar-refractivity contribution in [3.05, 3.63) is 26.8 Å². The van der Waals surface area contributed by atoms with Gasteiger partial charge >= 0.3 is 6.18 Å². The SMILES string of the molecule is OC(CNc1ccc(Cl)cc1I)C(F)(F)F. The van der Waals surface area contributed by atoms with E-state index < -0.39 is 18.8 Å². The molecule has 0 saturated heterocycles. The highest BCUT2D eigenvalue weighted by Crippen LogP contribution is 2.24. The van der Waals surface area contributed by atoms with Crippen LogP contribution in [0.25, 0.3) is 0 Å². The number of hydrogen-bond donors (Lipinski definition) is 2. The van der Waals surface area contributed by atoms with Crippen molar-refractivity contribution in [2.45, 2.75) is 12.3 Å². The van der Waals surface area contributed by atoms with Gasteiger partial charge < -0.3 is 10.4 Å². The summed E-state index contributed by atoms with van der Waals surface area (Å²) in [6, 6.07) is 4.74. The van der Waals surface area contributed by atoms with Crippen molar-refractivity contribution in [2.24, 2.45) is 0 Å². The normalized spacial score (nSPS) is 13.6. The van der Waals surface area contributed by atoms with E-state index in [1.807, 2.05) is 22.6 Å². The zero-order valence-electron chi connectivity index (χ0n) is 7.85. The Morgan fingerprint density at radius 2 is 2.06 bits per heavy atom. The Kier molecular flexibility index (Phi) is 4.69. The topological polar surface area (TPSA) is 32.3 Å². The van der Waals surface area contributed by atoms with Gasteiger partial charge in [0.25, 0.3) is 0 Å². The molecule has 1 rings (SSSR count). The number of nitrogens with one attached hydrogen (secondary N) is 1. The van der Waals surface area contributed by atoms with E-state index in [-0.39, 0.29) is 0 Å². The third-order valence-electron chi connectivity index (χ3n) is 1.79. The summed E-state index contributed by atoms with van der Waals surface area (Å²) >= 11 is 7.63. The number of anilines is 1. The molecule has 0 amide bonds. The van der Waals surface area contributed by atoms with Crippen LogP contribution in [-0.2, 0) is 0 Å². The Morgan fingerprint density at radius 3 is 2.56 bits per heavy atom. The molecule has 1 aromatic rings. The lowest BCUT2D eigenvalue weighted by Crippen LogP contribution is -2.35. The van der Waals surface area contributed by atoms with Gasteiger partial charge in [-0.05, 0) is 40.8 Å². The Morgan fingerprint density at radius 1 is 1.44 bits per heavy atom. The van der Waals surface area contributed by atoms with Gasteiger partial charge in [-0.2, -0.15) is 13.2 Å². The van der Waals surface area contributed by atoms with Crippen molar-refractivity contribution in [1.29, 1.82) is 0 Å². The molecule has 0 heterocycles. The summed E-state index contributed by atoms with van der Waals surface area (Å²) in [6.45, 7) is -0.582. The molecule has 0 aliphatic heterocycles. The summed E-state index contributed by atoms with van der Waals surface area (Å²) < 4.78 is 36.7. The summed E-state index contributed by atoms with van der Waals surface area (Å²) in [5.74, 6) is 0. The van der Waals surface area contributed by atoms with Crippen LogP contribution in [0.1, 0.15) is 0 Å². The number of rotatable bonds is 3. The Hall–Kier alpha value is -0.210. The van der Waals surface area contributed by atoms with Gasteiger partial charge in [-0.25, -0.2) is 0 Å². The summed E-state index contributed by atoms with van der Waals surface area (Å²) in [4.78, 5) is 0. The minimum Gasteiger partial charge on any atom is -0.382 e. The molecule has 0 aliphatic carbocycles. The van der Waals surface area contributed by atoms with E-state index in [1.54, 1.807) is 18.2 Å². The predicted molar refractivity (Wildman–Crippen MR) is 64.7 cm³/mol. The standard InChI is InChI=1S/C9H8ClF3INO/c10-5-1-2-7(6(14)3-5)15-4-8(16)9(11,12)13/h1-3,8,15-16H,4H2. The van der Waals surface area contributed by atoms with Crippen molar-refractivity contribution in [3.8, 4) is 0 Å². The minimum absolute atomic E-state index is 0.506. The van der Waals surface area contributed by atoms with Gasteiger partial charge in [0.15, 0.2) is 6.10 Å². The van der Waals surface area contributed by atoms with Gasteiger partial charge in [0.05, 0.1) is 0 Å². The van der Waals surface area contributed by atoms with Crippen LogP contribution in [0.4, 0.5) is 18.9 Å². The first-order valence-electron chi connectivity index (χ1n) is 4.24. The molecule has 1 atom stereocenters. The number of hydrogen-bond acceptors (Lipinski definition) is 2. The average Bonchev–Trinajstić information content (AvgIpc) is 2.14. The number of alkyl halides is 3. The van der Waals surface area contributed by atoms with Crippen LogP contribution in [0.5, 0.6) is 0 Å². The molecular formula is C9H8ClF3INO. The van der Waals surface area contributed by atoms with Crippen LogP contribution >= 0.6 is 34.2 Å². The van der Waals surface area contributed by atoms with E-state index >= 15 is 0 Å². The van der Waals surface area contributed by atoms with Crippen LogP contribution in [0.2, 0.25) is 5.02 Å². The lowest BCUT2D eigenvalue weighted by Gasteiger charge is -2.16. The predicted octanol–water partition coefficient (Wildman–Crippen LogP) is 3.28. The highest BCUT2D eigenvalue weighted by Gasteiger charge is 2.37. The van der Waals surface area contributed by atoms with Crippen molar-refractivity contribution >= 4 is 39.9 Å². The maximum Gasteiger partial charge on any atom is 0.416 e. The Balaban J connectivity index is 2.62. The molecule has 16 heavy (non-hydrogen) atoms. The summed E-state index contributed by atoms with van der Waals surface area (Å²) in [6.07, 6.45) is -6.98. The average molecular weight is 366 g/mol. The maximum absolute atomic E-state index is 12.0. The molecule has 0 aromatic heterocycles. The Bertz CT molecular complexity index is 372. The number of benzene rings is 1. The molecule has 0 aliphatic rings. The van der Waals surface area contributed by atoms with Crippen LogP contribution < -0.4 is 5.32 Å². The number of halogens is 5. The van der Waals surface area contributed by atoms with Crippen LogP contribution in [0.15, 0.2) is 18.2 Å². The van der Waals surface area contributed by atoms with Crippen molar-refractivity contribution in [3.63, 3.8) is 0 Å². The van der Waals surface area contributed by atoms with E-state index in [1.165, 1.54) is 0 Å². The molecule has 2 N–H and O–H groups in total. The van der Waals surface area contributed by atoms with Gasteiger partial charge in [-0.1, -0.05) is 11.6 Å². The lowest BCUT2D eigenvalue weighted by atomic mass is 10.3. The molecule has 1 unspecified atom stereocenters. The smallest absolute Gasteiger partial charge is 0.382 e. The molecular weight excluding hydrogens is 357 g/mol. The monoisotopic (exact) mass is 365 g/mol.